The van der Waals surface area contributed by atoms with Gasteiger partial charge in [-0.25, -0.2) is 4.39 Å². The van der Waals surface area contributed by atoms with E-state index in [1.807, 2.05) is 0 Å². The summed E-state index contributed by atoms with van der Waals surface area (Å²) in [5, 5.41) is 6.27. The van der Waals surface area contributed by atoms with Gasteiger partial charge in [-0.3, -0.25) is 4.79 Å². The first-order valence-electron chi connectivity index (χ1n) is 7.73. The first kappa shape index (κ1) is 14.5. The van der Waals surface area contributed by atoms with Gasteiger partial charge in [-0.2, -0.15) is 0 Å². The quantitative estimate of drug-likeness (QED) is 0.891. The average Bonchev–Trinajstić information content (AvgIpc) is 2.80. The lowest BCUT2D eigenvalue weighted by Gasteiger charge is -2.23. The zero-order valence-corrected chi connectivity index (χ0v) is 12.1. The van der Waals surface area contributed by atoms with Crippen molar-refractivity contribution in [3.63, 3.8) is 0 Å². The molecule has 0 spiro atoms. The van der Waals surface area contributed by atoms with E-state index in [0.717, 1.165) is 26.1 Å². The van der Waals surface area contributed by atoms with Crippen molar-refractivity contribution in [3.8, 4) is 0 Å². The number of fused-ring (bicyclic) bond motifs is 2. The number of amides is 1. The topological polar surface area (TPSA) is 44.4 Å². The second-order valence-corrected chi connectivity index (χ2v) is 6.01. The van der Waals surface area contributed by atoms with Gasteiger partial charge in [0.2, 0.25) is 5.91 Å². The van der Waals surface area contributed by atoms with Crippen LogP contribution in [0.4, 0.5) is 10.1 Å². The van der Waals surface area contributed by atoms with Crippen molar-refractivity contribution in [2.24, 2.45) is 0 Å². The minimum absolute atomic E-state index is 0.123. The highest BCUT2D eigenvalue weighted by Crippen LogP contribution is 2.20. The van der Waals surface area contributed by atoms with E-state index >= 15 is 0 Å². The molecule has 1 amide bonds. The van der Waals surface area contributed by atoms with Crippen molar-refractivity contribution in [1.29, 1.82) is 0 Å². The minimum Gasteiger partial charge on any atom is -0.324 e. The van der Waals surface area contributed by atoms with Crippen LogP contribution in [0.25, 0.3) is 0 Å². The Morgan fingerprint density at radius 1 is 1.29 bits per heavy atom. The van der Waals surface area contributed by atoms with E-state index in [-0.39, 0.29) is 17.4 Å². The molecule has 0 saturated carbocycles. The second-order valence-electron chi connectivity index (χ2n) is 6.01. The molecule has 2 aliphatic rings. The van der Waals surface area contributed by atoms with E-state index in [0.29, 0.717) is 18.5 Å². The van der Waals surface area contributed by atoms with E-state index in [9.17, 15) is 9.18 Å². The van der Waals surface area contributed by atoms with E-state index < -0.39 is 0 Å². The van der Waals surface area contributed by atoms with Crippen LogP contribution in [0.2, 0.25) is 0 Å². The summed E-state index contributed by atoms with van der Waals surface area (Å²) in [6.45, 7) is 2.80. The number of rotatable bonds is 4. The molecule has 1 aromatic rings. The largest absolute Gasteiger partial charge is 0.324 e. The number of nitrogens with zero attached hydrogens (tertiary/aromatic N) is 1. The average molecular weight is 291 g/mol. The number of halogens is 1. The van der Waals surface area contributed by atoms with Gasteiger partial charge in [0.1, 0.15) is 5.82 Å². The molecular weight excluding hydrogens is 269 g/mol. The van der Waals surface area contributed by atoms with Gasteiger partial charge in [-0.05, 0) is 37.9 Å². The molecule has 2 saturated heterocycles. The lowest BCUT2D eigenvalue weighted by atomic mass is 10.1. The maximum Gasteiger partial charge on any atom is 0.225 e. The molecule has 2 atom stereocenters. The summed E-state index contributed by atoms with van der Waals surface area (Å²) < 4.78 is 13.5. The van der Waals surface area contributed by atoms with Crippen molar-refractivity contribution in [2.45, 2.75) is 37.8 Å². The molecule has 0 aliphatic carbocycles. The third kappa shape index (κ3) is 3.80. The van der Waals surface area contributed by atoms with Crippen LogP contribution in [0.15, 0.2) is 24.3 Å². The molecule has 114 valence electrons. The number of para-hydroxylation sites is 1. The summed E-state index contributed by atoms with van der Waals surface area (Å²) in [6.07, 6.45) is 4.09. The predicted molar refractivity (Wildman–Crippen MR) is 80.6 cm³/mol. The first-order chi connectivity index (χ1) is 10.2. The van der Waals surface area contributed by atoms with Gasteiger partial charge in [0.25, 0.3) is 0 Å². The molecule has 2 unspecified atom stereocenters. The summed E-state index contributed by atoms with van der Waals surface area (Å²) in [6, 6.07) is 7.51. The Balaban J connectivity index is 1.46. The van der Waals surface area contributed by atoms with Crippen LogP contribution in [0.1, 0.15) is 25.7 Å². The Labute approximate surface area is 124 Å². The minimum atomic E-state index is -0.387. The molecule has 2 bridgehead atoms. The SMILES string of the molecule is O=C(CCN1CCC2CCC(C1)N2)Nc1ccccc1F. The molecule has 4 nitrogen and oxygen atoms in total. The normalized spacial score (nSPS) is 25.6. The Hall–Kier alpha value is -1.46. The molecule has 3 rings (SSSR count). The molecule has 5 heteroatoms. The van der Waals surface area contributed by atoms with Crippen molar-refractivity contribution >= 4 is 11.6 Å². The van der Waals surface area contributed by atoms with Gasteiger partial charge in [-0.15, -0.1) is 0 Å². The highest BCUT2D eigenvalue weighted by molar-refractivity contribution is 5.90. The fraction of sp³-hybridized carbons (Fsp3) is 0.562. The molecule has 0 aromatic heterocycles. The van der Waals surface area contributed by atoms with E-state index in [2.05, 4.69) is 15.5 Å². The zero-order chi connectivity index (χ0) is 14.7. The molecule has 2 aliphatic heterocycles. The summed E-state index contributed by atoms with van der Waals surface area (Å²) in [5.74, 6) is -0.510. The maximum atomic E-state index is 13.5. The van der Waals surface area contributed by atoms with Crippen LogP contribution in [0, 0.1) is 5.82 Å². The van der Waals surface area contributed by atoms with Crippen molar-refractivity contribution in [2.75, 3.05) is 25.0 Å². The first-order valence-corrected chi connectivity index (χ1v) is 7.73. The Kier molecular flexibility index (Phi) is 4.51. The van der Waals surface area contributed by atoms with Crippen LogP contribution >= 0.6 is 0 Å². The third-order valence-electron chi connectivity index (χ3n) is 4.41. The lowest BCUT2D eigenvalue weighted by Crippen LogP contribution is -2.36. The van der Waals surface area contributed by atoms with Crippen molar-refractivity contribution in [1.82, 2.24) is 10.2 Å². The number of nitrogens with one attached hydrogen (secondary N) is 2. The van der Waals surface area contributed by atoms with Crippen LogP contribution in [0.3, 0.4) is 0 Å². The Morgan fingerprint density at radius 3 is 2.95 bits per heavy atom. The van der Waals surface area contributed by atoms with Gasteiger partial charge in [0.15, 0.2) is 0 Å². The molecule has 0 radical (unpaired) electrons. The summed E-state index contributed by atoms with van der Waals surface area (Å²) in [5.41, 5.74) is 0.263. The van der Waals surface area contributed by atoms with E-state index in [4.69, 9.17) is 0 Å². The second kappa shape index (κ2) is 6.54. The highest BCUT2D eigenvalue weighted by atomic mass is 19.1. The fourth-order valence-electron chi connectivity index (χ4n) is 3.25. The van der Waals surface area contributed by atoms with E-state index in [1.54, 1.807) is 18.2 Å². The van der Waals surface area contributed by atoms with Crippen LogP contribution < -0.4 is 10.6 Å². The van der Waals surface area contributed by atoms with Gasteiger partial charge in [0, 0.05) is 31.6 Å². The van der Waals surface area contributed by atoms with Gasteiger partial charge >= 0.3 is 0 Å². The Morgan fingerprint density at radius 2 is 2.10 bits per heavy atom. The monoisotopic (exact) mass is 291 g/mol. The number of anilines is 1. The Bertz CT molecular complexity index is 508. The standard InChI is InChI=1S/C16H22FN3O/c17-14-3-1-2-4-15(14)19-16(21)8-10-20-9-7-12-5-6-13(11-20)18-12/h1-4,12-13,18H,5-11H2,(H,19,21). The number of likely N-dealkylation sites (tertiary alicyclic amines) is 1. The molecular formula is C16H22FN3O. The van der Waals surface area contributed by atoms with Gasteiger partial charge in [-0.1, -0.05) is 12.1 Å². The number of hydrogen-bond donors (Lipinski definition) is 2. The van der Waals surface area contributed by atoms with Crippen LogP contribution in [-0.2, 0) is 4.79 Å². The number of carbonyl (C=O) groups is 1. The van der Waals surface area contributed by atoms with Crippen molar-refractivity contribution in [3.05, 3.63) is 30.1 Å². The fourth-order valence-corrected chi connectivity index (χ4v) is 3.25. The summed E-state index contributed by atoms with van der Waals surface area (Å²) in [7, 11) is 0. The van der Waals surface area contributed by atoms with Gasteiger partial charge in [0.05, 0.1) is 5.69 Å². The lowest BCUT2D eigenvalue weighted by molar-refractivity contribution is -0.116. The maximum absolute atomic E-state index is 13.5. The molecule has 2 fully saturated rings. The molecule has 2 N–H and O–H groups in total. The molecule has 21 heavy (non-hydrogen) atoms. The van der Waals surface area contributed by atoms with E-state index in [1.165, 1.54) is 18.9 Å². The zero-order valence-electron chi connectivity index (χ0n) is 12.1. The van der Waals surface area contributed by atoms with Crippen LogP contribution in [0.5, 0.6) is 0 Å². The molecule has 2 heterocycles. The predicted octanol–water partition coefficient (Wildman–Crippen LogP) is 1.98. The number of hydrogen-bond acceptors (Lipinski definition) is 3. The number of carbonyl (C=O) groups excluding carboxylic acids is 1. The van der Waals surface area contributed by atoms with Crippen LogP contribution in [-0.4, -0.2) is 42.5 Å². The summed E-state index contributed by atoms with van der Waals surface area (Å²) in [4.78, 5) is 14.3. The highest BCUT2D eigenvalue weighted by Gasteiger charge is 2.29. The molecule has 1 aromatic carbocycles. The number of benzene rings is 1. The summed E-state index contributed by atoms with van der Waals surface area (Å²) >= 11 is 0. The third-order valence-corrected chi connectivity index (χ3v) is 4.41. The van der Waals surface area contributed by atoms with Crippen molar-refractivity contribution < 1.29 is 9.18 Å². The van der Waals surface area contributed by atoms with Gasteiger partial charge < -0.3 is 15.5 Å². The smallest absolute Gasteiger partial charge is 0.225 e.